The van der Waals surface area contributed by atoms with Crippen LogP contribution in [0.1, 0.15) is 37.0 Å². The molecule has 2 saturated heterocycles. The molecule has 2 aromatic rings. The highest BCUT2D eigenvalue weighted by Crippen LogP contribution is 2.37. The van der Waals surface area contributed by atoms with E-state index in [0.29, 0.717) is 38.0 Å². The minimum absolute atomic E-state index is 0.0639. The molecule has 0 saturated carbocycles. The molecule has 0 radical (unpaired) electrons. The first-order valence-electron chi connectivity index (χ1n) is 9.65. The van der Waals surface area contributed by atoms with E-state index in [-0.39, 0.29) is 23.8 Å². The van der Waals surface area contributed by atoms with Crippen LogP contribution >= 0.6 is 0 Å². The summed E-state index contributed by atoms with van der Waals surface area (Å²) in [6.07, 6.45) is 6.20. The van der Waals surface area contributed by atoms with Gasteiger partial charge in [0.2, 0.25) is 0 Å². The average Bonchev–Trinajstić information content (AvgIpc) is 3.22. The molecule has 148 valence electrons. The van der Waals surface area contributed by atoms with Gasteiger partial charge in [-0.05, 0) is 30.9 Å². The van der Waals surface area contributed by atoms with Crippen LogP contribution in [0.25, 0.3) is 5.65 Å². The Hall–Kier alpha value is -2.90. The summed E-state index contributed by atoms with van der Waals surface area (Å²) in [4.78, 5) is 47.4. The monoisotopic (exact) mass is 383 g/mol. The molecule has 2 fully saturated rings. The number of hydrogen-bond donors (Lipinski definition) is 0. The zero-order valence-corrected chi connectivity index (χ0v) is 16.5. The molecular weight excluding hydrogens is 358 g/mol. The lowest BCUT2D eigenvalue weighted by Gasteiger charge is -2.42. The maximum Gasteiger partial charge on any atom is 0.327 e. The van der Waals surface area contributed by atoms with E-state index in [1.54, 1.807) is 41.5 Å². The third-order valence-corrected chi connectivity index (χ3v) is 5.80. The third-order valence-electron chi connectivity index (χ3n) is 5.80. The van der Waals surface area contributed by atoms with Crippen molar-refractivity contribution in [3.05, 3.63) is 36.3 Å². The van der Waals surface area contributed by atoms with Gasteiger partial charge in [-0.3, -0.25) is 14.5 Å². The average molecular weight is 383 g/mol. The number of pyridine rings is 1. The number of aromatic nitrogens is 2. The van der Waals surface area contributed by atoms with Crippen molar-refractivity contribution in [2.75, 3.05) is 26.7 Å². The van der Waals surface area contributed by atoms with Crippen LogP contribution in [0.5, 0.6) is 0 Å². The minimum atomic E-state index is -0.818. The number of amides is 4. The number of carbonyl (C=O) groups excluding carboxylic acids is 3. The Balaban J connectivity index is 1.53. The van der Waals surface area contributed by atoms with E-state index in [4.69, 9.17) is 0 Å². The molecule has 4 rings (SSSR count). The van der Waals surface area contributed by atoms with Crippen molar-refractivity contribution in [2.45, 2.75) is 32.2 Å². The fraction of sp³-hybridized carbons (Fsp3) is 0.500. The molecule has 8 nitrogen and oxygen atoms in total. The number of fused-ring (bicyclic) bond motifs is 1. The number of imide groups is 1. The van der Waals surface area contributed by atoms with E-state index in [1.165, 1.54) is 4.90 Å². The Bertz CT molecular complexity index is 942. The first-order chi connectivity index (χ1) is 13.3. The van der Waals surface area contributed by atoms with Crippen LogP contribution < -0.4 is 0 Å². The summed E-state index contributed by atoms with van der Waals surface area (Å²) >= 11 is 0. The zero-order chi connectivity index (χ0) is 20.1. The second-order valence-electron chi connectivity index (χ2n) is 8.09. The zero-order valence-electron chi connectivity index (χ0n) is 16.5. The van der Waals surface area contributed by atoms with E-state index in [0.717, 1.165) is 5.65 Å². The Morgan fingerprint density at radius 2 is 1.93 bits per heavy atom. The Labute approximate surface area is 163 Å². The summed E-state index contributed by atoms with van der Waals surface area (Å²) < 4.78 is 1.82. The van der Waals surface area contributed by atoms with Gasteiger partial charge in [0, 0.05) is 45.3 Å². The Kier molecular flexibility index (Phi) is 4.36. The minimum Gasteiger partial charge on any atom is -0.338 e. The largest absolute Gasteiger partial charge is 0.338 e. The highest BCUT2D eigenvalue weighted by atomic mass is 16.2. The fourth-order valence-corrected chi connectivity index (χ4v) is 4.29. The van der Waals surface area contributed by atoms with Gasteiger partial charge in [-0.2, -0.15) is 0 Å². The SMILES string of the molecule is CC(C)CN1C(=O)N(C)C(=O)C12CCN(C(=O)c1ccc3nccn3c1)CC2. The topological polar surface area (TPSA) is 78.2 Å². The molecule has 1 spiro atoms. The molecule has 0 atom stereocenters. The molecule has 0 unspecified atom stereocenters. The van der Waals surface area contributed by atoms with Crippen LogP contribution in [0.3, 0.4) is 0 Å². The number of likely N-dealkylation sites (tertiary alicyclic amines) is 1. The quantitative estimate of drug-likeness (QED) is 0.758. The Morgan fingerprint density at radius 1 is 1.21 bits per heavy atom. The Morgan fingerprint density at radius 3 is 2.61 bits per heavy atom. The molecule has 2 aliphatic heterocycles. The molecule has 0 aromatic carbocycles. The van der Waals surface area contributed by atoms with Gasteiger partial charge in [-0.15, -0.1) is 0 Å². The second kappa shape index (κ2) is 6.61. The van der Waals surface area contributed by atoms with Gasteiger partial charge >= 0.3 is 6.03 Å². The highest BCUT2D eigenvalue weighted by molar-refractivity contribution is 6.07. The summed E-state index contributed by atoms with van der Waals surface area (Å²) in [7, 11) is 1.55. The number of piperidine rings is 1. The summed E-state index contributed by atoms with van der Waals surface area (Å²) in [5.41, 5.74) is 0.560. The van der Waals surface area contributed by atoms with Gasteiger partial charge in [0.1, 0.15) is 11.2 Å². The number of carbonyl (C=O) groups is 3. The van der Waals surface area contributed by atoms with Crippen molar-refractivity contribution < 1.29 is 14.4 Å². The van der Waals surface area contributed by atoms with E-state index in [9.17, 15) is 14.4 Å². The molecule has 8 heteroatoms. The van der Waals surface area contributed by atoms with Gasteiger partial charge < -0.3 is 14.2 Å². The summed E-state index contributed by atoms with van der Waals surface area (Å²) in [6, 6.07) is 3.36. The number of imidazole rings is 1. The van der Waals surface area contributed by atoms with Crippen LogP contribution in [-0.4, -0.2) is 74.2 Å². The number of likely N-dealkylation sites (N-methyl/N-ethyl adjacent to an activating group) is 1. The standard InChI is InChI=1S/C20H25N5O3/c1-14(2)12-25-19(28)22(3)18(27)20(25)6-9-23(10-7-20)17(26)15-4-5-16-21-8-11-24(16)13-15/h4-5,8,11,13-14H,6-7,9-10,12H2,1-3H3. The van der Waals surface area contributed by atoms with Gasteiger partial charge in [-0.25, -0.2) is 9.78 Å². The van der Waals surface area contributed by atoms with E-state index >= 15 is 0 Å². The molecule has 0 bridgehead atoms. The van der Waals surface area contributed by atoms with Gasteiger partial charge in [0.25, 0.3) is 11.8 Å². The van der Waals surface area contributed by atoms with Gasteiger partial charge in [0.15, 0.2) is 0 Å². The molecular formula is C20H25N5O3. The van der Waals surface area contributed by atoms with E-state index in [2.05, 4.69) is 4.98 Å². The molecule has 0 N–H and O–H groups in total. The van der Waals surface area contributed by atoms with Gasteiger partial charge in [-0.1, -0.05) is 13.8 Å². The lowest BCUT2D eigenvalue weighted by atomic mass is 9.85. The number of nitrogens with zero attached hydrogens (tertiary/aromatic N) is 5. The molecule has 4 heterocycles. The predicted molar refractivity (Wildman–Crippen MR) is 103 cm³/mol. The van der Waals surface area contributed by atoms with Crippen molar-refractivity contribution in [3.8, 4) is 0 Å². The number of urea groups is 1. The van der Waals surface area contributed by atoms with E-state index in [1.807, 2.05) is 24.3 Å². The summed E-state index contributed by atoms with van der Waals surface area (Å²) in [5.74, 6) is 0.0535. The molecule has 2 aromatic heterocycles. The number of hydrogen-bond acceptors (Lipinski definition) is 4. The maximum atomic E-state index is 13.0. The highest BCUT2D eigenvalue weighted by Gasteiger charge is 2.57. The van der Waals surface area contributed by atoms with Crippen molar-refractivity contribution in [2.24, 2.45) is 5.92 Å². The predicted octanol–water partition coefficient (Wildman–Crippen LogP) is 1.86. The molecule has 0 aliphatic carbocycles. The van der Waals surface area contributed by atoms with Crippen molar-refractivity contribution in [1.29, 1.82) is 0 Å². The third kappa shape index (κ3) is 2.75. The van der Waals surface area contributed by atoms with Crippen molar-refractivity contribution in [3.63, 3.8) is 0 Å². The molecule has 28 heavy (non-hydrogen) atoms. The summed E-state index contributed by atoms with van der Waals surface area (Å²) in [5, 5.41) is 0. The smallest absolute Gasteiger partial charge is 0.327 e. The van der Waals surface area contributed by atoms with Crippen LogP contribution in [0.4, 0.5) is 4.79 Å². The van der Waals surface area contributed by atoms with Crippen LogP contribution in [0.2, 0.25) is 0 Å². The normalized spacial score (nSPS) is 19.5. The van der Waals surface area contributed by atoms with Crippen LogP contribution in [0.15, 0.2) is 30.7 Å². The van der Waals surface area contributed by atoms with Crippen molar-refractivity contribution in [1.82, 2.24) is 24.1 Å². The molecule has 2 aliphatic rings. The lowest BCUT2D eigenvalue weighted by Crippen LogP contribution is -2.58. The lowest BCUT2D eigenvalue weighted by molar-refractivity contribution is -0.134. The summed E-state index contributed by atoms with van der Waals surface area (Å²) in [6.45, 7) is 5.51. The second-order valence-corrected chi connectivity index (χ2v) is 8.09. The van der Waals surface area contributed by atoms with Crippen LogP contribution in [-0.2, 0) is 4.79 Å². The molecule has 4 amide bonds. The first-order valence-corrected chi connectivity index (χ1v) is 9.65. The fourth-order valence-electron chi connectivity index (χ4n) is 4.29. The van der Waals surface area contributed by atoms with Gasteiger partial charge in [0.05, 0.1) is 5.56 Å². The van der Waals surface area contributed by atoms with E-state index < -0.39 is 5.54 Å². The van der Waals surface area contributed by atoms with Crippen molar-refractivity contribution >= 4 is 23.5 Å². The first kappa shape index (κ1) is 18.5. The van der Waals surface area contributed by atoms with Crippen LogP contribution in [0, 0.1) is 5.92 Å². The maximum absolute atomic E-state index is 13.0. The number of rotatable bonds is 3.